The Kier molecular flexibility index (Phi) is 4.82. The molecule has 1 fully saturated rings. The van der Waals surface area contributed by atoms with Gasteiger partial charge in [0.15, 0.2) is 0 Å². The predicted octanol–water partition coefficient (Wildman–Crippen LogP) is -0.279. The van der Waals surface area contributed by atoms with Crippen molar-refractivity contribution in [3.63, 3.8) is 0 Å². The van der Waals surface area contributed by atoms with E-state index in [9.17, 15) is 0 Å². The number of aromatic nitrogens is 1. The Balaban J connectivity index is 1.41. The summed E-state index contributed by atoms with van der Waals surface area (Å²) in [7, 11) is 0. The minimum atomic E-state index is 0.937. The van der Waals surface area contributed by atoms with E-state index in [1.165, 1.54) is 57.7 Å². The van der Waals surface area contributed by atoms with Crippen LogP contribution in [0, 0.1) is 5.92 Å². The fourth-order valence-electron chi connectivity index (χ4n) is 3.55. The van der Waals surface area contributed by atoms with Gasteiger partial charge in [0.05, 0.1) is 12.2 Å². The smallest absolute Gasteiger partial charge is 0.127 e. The van der Waals surface area contributed by atoms with Gasteiger partial charge in [0, 0.05) is 12.1 Å². The van der Waals surface area contributed by atoms with Gasteiger partial charge in [-0.15, -0.1) is 0 Å². The number of pyridine rings is 1. The third-order valence-corrected chi connectivity index (χ3v) is 4.78. The van der Waals surface area contributed by atoms with Crippen LogP contribution < -0.4 is 9.80 Å². The van der Waals surface area contributed by atoms with Crippen LogP contribution >= 0.6 is 0 Å². The van der Waals surface area contributed by atoms with E-state index in [1.807, 2.05) is 17.2 Å². The summed E-state index contributed by atoms with van der Waals surface area (Å²) in [6.07, 6.45) is 10.7. The van der Waals surface area contributed by atoms with Gasteiger partial charge in [0.2, 0.25) is 0 Å². The van der Waals surface area contributed by atoms with Crippen molar-refractivity contribution in [3.8, 4) is 0 Å². The van der Waals surface area contributed by atoms with Crippen LogP contribution in [-0.4, -0.2) is 37.7 Å². The third-order valence-electron chi connectivity index (χ3n) is 4.78. The molecule has 0 amide bonds. The summed E-state index contributed by atoms with van der Waals surface area (Å²) in [5.41, 5.74) is 1.24. The second kappa shape index (κ2) is 7.00. The van der Waals surface area contributed by atoms with Gasteiger partial charge in [-0.05, 0) is 31.4 Å². The summed E-state index contributed by atoms with van der Waals surface area (Å²) in [6, 6.07) is 6.25. The monoisotopic (exact) mass is 273 g/mol. The molecule has 0 radical (unpaired) electrons. The van der Waals surface area contributed by atoms with Gasteiger partial charge in [0.25, 0.3) is 0 Å². The molecule has 0 bridgehead atoms. The lowest BCUT2D eigenvalue weighted by Crippen LogP contribution is -3.27. The second-order valence-electron chi connectivity index (χ2n) is 6.35. The molecule has 0 saturated carbocycles. The number of nitrogens with one attached hydrogen (secondary N) is 2. The first kappa shape index (κ1) is 13.8. The average Bonchev–Trinajstić information content (AvgIpc) is 2.51. The molecule has 3 nitrogen and oxygen atoms in total. The summed E-state index contributed by atoms with van der Waals surface area (Å²) in [4.78, 5) is 7.98. The fraction of sp³-hybridized carbons (Fsp3) is 0.588. The zero-order valence-electron chi connectivity index (χ0n) is 12.4. The zero-order chi connectivity index (χ0) is 13.6. The number of hydrogen-bond acceptors (Lipinski definition) is 1. The standard InChI is InChI=1S/C17H25N3/c1-2-6-16(7-3-1)14-19-10-12-20(13-11-19)15-17-8-4-5-9-18-17/h1-2,4-5,8-9,16H,3,6-7,10-15H2/p+2/t16-/m1/s1. The van der Waals surface area contributed by atoms with Gasteiger partial charge in [-0.1, -0.05) is 18.2 Å². The molecule has 1 aliphatic carbocycles. The summed E-state index contributed by atoms with van der Waals surface area (Å²) in [5, 5.41) is 0. The second-order valence-corrected chi connectivity index (χ2v) is 6.35. The molecule has 0 spiro atoms. The molecule has 2 heterocycles. The third kappa shape index (κ3) is 3.90. The molecule has 1 saturated heterocycles. The highest BCUT2D eigenvalue weighted by Gasteiger charge is 2.25. The highest BCUT2D eigenvalue weighted by atomic mass is 15.3. The van der Waals surface area contributed by atoms with Gasteiger partial charge >= 0.3 is 0 Å². The van der Waals surface area contributed by atoms with E-state index in [0.717, 1.165) is 12.5 Å². The van der Waals surface area contributed by atoms with Crippen molar-refractivity contribution in [1.29, 1.82) is 0 Å². The maximum atomic E-state index is 4.45. The van der Waals surface area contributed by atoms with E-state index < -0.39 is 0 Å². The number of nitrogens with zero attached hydrogens (tertiary/aromatic N) is 1. The Morgan fingerprint density at radius 2 is 1.90 bits per heavy atom. The van der Waals surface area contributed by atoms with Crippen molar-refractivity contribution in [2.75, 3.05) is 32.7 Å². The summed E-state index contributed by atoms with van der Waals surface area (Å²) in [5.74, 6) is 0.937. The van der Waals surface area contributed by atoms with Crippen LogP contribution in [-0.2, 0) is 6.54 Å². The lowest BCUT2D eigenvalue weighted by atomic mass is 9.94. The van der Waals surface area contributed by atoms with Gasteiger partial charge in [-0.3, -0.25) is 4.98 Å². The number of hydrogen-bond donors (Lipinski definition) is 2. The lowest BCUT2D eigenvalue weighted by Gasteiger charge is -2.32. The highest BCUT2D eigenvalue weighted by Crippen LogP contribution is 2.15. The van der Waals surface area contributed by atoms with Crippen LogP contribution in [0.15, 0.2) is 36.5 Å². The molecule has 1 aromatic rings. The van der Waals surface area contributed by atoms with Crippen molar-refractivity contribution in [2.45, 2.75) is 25.8 Å². The van der Waals surface area contributed by atoms with E-state index in [2.05, 4.69) is 29.3 Å². The van der Waals surface area contributed by atoms with Crippen LogP contribution in [0.4, 0.5) is 0 Å². The quantitative estimate of drug-likeness (QED) is 0.724. The molecular formula is C17H27N3+2. The van der Waals surface area contributed by atoms with Crippen molar-refractivity contribution in [3.05, 3.63) is 42.2 Å². The van der Waals surface area contributed by atoms with Crippen LogP contribution in [0.2, 0.25) is 0 Å². The topological polar surface area (TPSA) is 21.8 Å². The van der Waals surface area contributed by atoms with Gasteiger partial charge in [0.1, 0.15) is 32.7 Å². The molecule has 1 aromatic heterocycles. The van der Waals surface area contributed by atoms with E-state index in [1.54, 1.807) is 4.90 Å². The van der Waals surface area contributed by atoms with Gasteiger partial charge in [-0.25, -0.2) is 0 Å². The Morgan fingerprint density at radius 3 is 2.60 bits per heavy atom. The molecular weight excluding hydrogens is 246 g/mol. The van der Waals surface area contributed by atoms with E-state index >= 15 is 0 Å². The Morgan fingerprint density at radius 1 is 1.05 bits per heavy atom. The van der Waals surface area contributed by atoms with Crippen molar-refractivity contribution in [2.24, 2.45) is 5.92 Å². The van der Waals surface area contributed by atoms with Crippen molar-refractivity contribution >= 4 is 0 Å². The molecule has 0 unspecified atom stereocenters. The largest absolute Gasteiger partial charge is 0.325 e. The Labute approximate surface area is 122 Å². The SMILES string of the molecule is C1=CC[C@@H](C[NH+]2CC[NH+](Cc3ccccn3)CC2)CC1. The summed E-state index contributed by atoms with van der Waals surface area (Å²) >= 11 is 0. The highest BCUT2D eigenvalue weighted by molar-refractivity contribution is 5.01. The first-order valence-corrected chi connectivity index (χ1v) is 8.12. The lowest BCUT2D eigenvalue weighted by molar-refractivity contribution is -1.02. The minimum absolute atomic E-state index is 0.937. The molecule has 1 aliphatic heterocycles. The first-order chi connectivity index (χ1) is 9.90. The van der Waals surface area contributed by atoms with Crippen LogP contribution in [0.3, 0.4) is 0 Å². The number of piperazine rings is 1. The molecule has 2 N–H and O–H groups in total. The molecule has 1 atom stereocenters. The number of allylic oxidation sites excluding steroid dienone is 2. The molecule has 3 rings (SSSR count). The maximum Gasteiger partial charge on any atom is 0.127 e. The average molecular weight is 273 g/mol. The first-order valence-electron chi connectivity index (χ1n) is 8.12. The summed E-state index contributed by atoms with van der Waals surface area (Å²) in [6.45, 7) is 7.76. The van der Waals surface area contributed by atoms with E-state index in [-0.39, 0.29) is 0 Å². The van der Waals surface area contributed by atoms with Crippen LogP contribution in [0.25, 0.3) is 0 Å². The van der Waals surface area contributed by atoms with Crippen molar-refractivity contribution in [1.82, 2.24) is 4.98 Å². The Bertz CT molecular complexity index is 421. The van der Waals surface area contributed by atoms with E-state index in [4.69, 9.17) is 0 Å². The fourth-order valence-corrected chi connectivity index (χ4v) is 3.55. The van der Waals surface area contributed by atoms with Crippen molar-refractivity contribution < 1.29 is 9.80 Å². The van der Waals surface area contributed by atoms with Crippen LogP contribution in [0.1, 0.15) is 25.0 Å². The van der Waals surface area contributed by atoms with Gasteiger partial charge < -0.3 is 9.80 Å². The normalized spacial score (nSPS) is 30.3. The molecule has 20 heavy (non-hydrogen) atoms. The molecule has 0 aromatic carbocycles. The Hall–Kier alpha value is -1.19. The van der Waals surface area contributed by atoms with Crippen LogP contribution in [0.5, 0.6) is 0 Å². The number of quaternary nitrogens is 2. The summed E-state index contributed by atoms with van der Waals surface area (Å²) < 4.78 is 0. The number of rotatable bonds is 4. The minimum Gasteiger partial charge on any atom is -0.325 e. The zero-order valence-corrected chi connectivity index (χ0v) is 12.4. The predicted molar refractivity (Wildman–Crippen MR) is 80.7 cm³/mol. The molecule has 108 valence electrons. The molecule has 3 heteroatoms. The maximum absolute atomic E-state index is 4.45. The van der Waals surface area contributed by atoms with E-state index in [0.29, 0.717) is 0 Å². The van der Waals surface area contributed by atoms with Gasteiger partial charge in [-0.2, -0.15) is 0 Å². The molecule has 2 aliphatic rings.